The molecule has 0 spiro atoms. The van der Waals surface area contributed by atoms with Crippen LogP contribution in [0.25, 0.3) is 28.0 Å². The topological polar surface area (TPSA) is 148 Å². The van der Waals surface area contributed by atoms with E-state index in [1.165, 1.54) is 29.9 Å². The minimum Gasteiger partial charge on any atom is -0.383 e. The number of benzene rings is 1. The van der Waals surface area contributed by atoms with Crippen LogP contribution in [0, 0.1) is 11.6 Å². The third-order valence-corrected chi connectivity index (χ3v) is 8.32. The molecule has 3 atom stereocenters. The van der Waals surface area contributed by atoms with Gasteiger partial charge in [0, 0.05) is 47.0 Å². The Labute approximate surface area is 237 Å². The number of fused-ring (bicyclic) bond motifs is 3. The van der Waals surface area contributed by atoms with Crippen LogP contribution in [0.2, 0.25) is 0 Å². The Morgan fingerprint density at radius 1 is 1.05 bits per heavy atom. The van der Waals surface area contributed by atoms with Crippen molar-refractivity contribution in [1.82, 2.24) is 39.7 Å². The lowest BCUT2D eigenvalue weighted by Crippen LogP contribution is -2.46. The molecule has 13 heteroatoms. The monoisotopic (exact) mass is 569 g/mol. The highest BCUT2D eigenvalue weighted by Gasteiger charge is 2.45. The van der Waals surface area contributed by atoms with Crippen LogP contribution in [0.1, 0.15) is 65.2 Å². The highest BCUT2D eigenvalue weighted by Crippen LogP contribution is 2.45. The first-order valence-electron chi connectivity index (χ1n) is 13.6. The van der Waals surface area contributed by atoms with Crippen molar-refractivity contribution in [3.8, 4) is 22.4 Å². The van der Waals surface area contributed by atoms with Crippen molar-refractivity contribution in [2.75, 3.05) is 5.73 Å². The van der Waals surface area contributed by atoms with Crippen molar-refractivity contribution in [3.63, 3.8) is 0 Å². The van der Waals surface area contributed by atoms with E-state index in [4.69, 9.17) is 10.7 Å². The van der Waals surface area contributed by atoms with E-state index >= 15 is 0 Å². The Bertz CT molecular complexity index is 1840. The number of anilines is 1. The van der Waals surface area contributed by atoms with Crippen LogP contribution < -0.4 is 5.73 Å². The maximum Gasteiger partial charge on any atom is 0.292 e. The number of aromatic nitrogens is 7. The minimum atomic E-state index is -0.704. The van der Waals surface area contributed by atoms with E-state index in [-0.39, 0.29) is 46.9 Å². The molecular weight excluding hydrogens is 544 g/mol. The summed E-state index contributed by atoms with van der Waals surface area (Å²) in [5, 5.41) is 12.0. The van der Waals surface area contributed by atoms with Gasteiger partial charge in [-0.3, -0.25) is 14.6 Å². The predicted molar refractivity (Wildman–Crippen MR) is 147 cm³/mol. The zero-order chi connectivity index (χ0) is 29.1. The molecule has 2 bridgehead atoms. The molecule has 0 saturated carbocycles. The van der Waals surface area contributed by atoms with Crippen LogP contribution in [0.4, 0.5) is 14.6 Å². The molecule has 4 aromatic heterocycles. The first-order valence-corrected chi connectivity index (χ1v) is 13.6. The van der Waals surface area contributed by atoms with Gasteiger partial charge in [0.05, 0.1) is 23.1 Å². The maximum absolute atomic E-state index is 14.3. The number of nitrogen functional groups attached to an aromatic ring is 1. The number of aromatic amines is 1. The van der Waals surface area contributed by atoms with Crippen molar-refractivity contribution >= 4 is 23.2 Å². The summed E-state index contributed by atoms with van der Waals surface area (Å²) in [5.74, 6) is -1.45. The lowest BCUT2D eigenvalue weighted by molar-refractivity contribution is 0.0556. The molecule has 0 aliphatic carbocycles. The highest BCUT2D eigenvalue weighted by molar-refractivity contribution is 6.00. The Balaban J connectivity index is 1.25. The maximum atomic E-state index is 14.3. The molecule has 3 N–H and O–H groups in total. The second-order valence-corrected chi connectivity index (χ2v) is 10.8. The number of nitrogens with two attached hydrogens (primary N) is 1. The van der Waals surface area contributed by atoms with Gasteiger partial charge in [-0.05, 0) is 50.8 Å². The molecule has 2 aliphatic heterocycles. The zero-order valence-electron chi connectivity index (χ0n) is 22.5. The van der Waals surface area contributed by atoms with Gasteiger partial charge in [0.15, 0.2) is 11.4 Å². The Kier molecular flexibility index (Phi) is 6.03. The average Bonchev–Trinajstić information content (AvgIpc) is 3.71. The van der Waals surface area contributed by atoms with Crippen molar-refractivity contribution in [2.24, 2.45) is 0 Å². The summed E-state index contributed by atoms with van der Waals surface area (Å²) in [6.07, 6.45) is 7.50. The fourth-order valence-electron chi connectivity index (χ4n) is 6.47. The fourth-order valence-corrected chi connectivity index (χ4v) is 6.47. The number of pyridine rings is 1. The van der Waals surface area contributed by atoms with Crippen LogP contribution in [-0.2, 0) is 0 Å². The number of carbonyl (C=O) groups is 2. The zero-order valence-corrected chi connectivity index (χ0v) is 22.5. The number of nitrogens with one attached hydrogen (secondary N) is 1. The number of nitrogens with zero attached hydrogens (tertiary/aromatic N) is 7. The van der Waals surface area contributed by atoms with E-state index in [0.29, 0.717) is 46.6 Å². The van der Waals surface area contributed by atoms with E-state index in [1.54, 1.807) is 24.5 Å². The van der Waals surface area contributed by atoms with Crippen LogP contribution in [0.15, 0.2) is 49.1 Å². The quantitative estimate of drug-likeness (QED) is 0.300. The van der Waals surface area contributed by atoms with Crippen molar-refractivity contribution in [2.45, 2.75) is 50.6 Å². The lowest BCUT2D eigenvalue weighted by atomic mass is 9.85. The molecule has 1 amide bonds. The van der Waals surface area contributed by atoms with Crippen molar-refractivity contribution < 1.29 is 18.4 Å². The standard InChI is InChI=1S/C29H25F2N9O2/c1-14(41)24-25(16-8-18-4-5-19(9-16)39(18)29(42)27-34-13-35-38-27)37-28-21(12-36-40(28)26(24)32)15-2-7-23(33-11-15)20-6-3-17(30)10-22(20)31/h2-3,6-7,10-13,16,18-19H,4-5,8-9,32H2,1H3,(H,34,35,38)/t16-,18+,19-. The predicted octanol–water partition coefficient (Wildman–Crippen LogP) is 4.19. The van der Waals surface area contributed by atoms with Crippen LogP contribution in [-0.4, -0.2) is 63.4 Å². The number of halogens is 2. The first kappa shape index (κ1) is 25.9. The summed E-state index contributed by atoms with van der Waals surface area (Å²) < 4.78 is 29.1. The number of piperidine rings is 1. The van der Waals surface area contributed by atoms with Crippen LogP contribution in [0.3, 0.4) is 0 Å². The van der Waals surface area contributed by atoms with Gasteiger partial charge in [-0.25, -0.2) is 13.8 Å². The van der Waals surface area contributed by atoms with Gasteiger partial charge < -0.3 is 15.6 Å². The second-order valence-electron chi connectivity index (χ2n) is 10.8. The third-order valence-electron chi connectivity index (χ3n) is 8.32. The fraction of sp³-hybridized carbons (Fsp3) is 0.276. The molecule has 2 aliphatic rings. The Hall–Kier alpha value is -5.07. The number of Topliss-reactive ketones (excluding diaryl/α,β-unsaturated/α-hetero) is 1. The number of amides is 1. The number of ketones is 1. The number of H-pyrrole nitrogens is 1. The summed E-state index contributed by atoms with van der Waals surface area (Å²) in [4.78, 5) is 40.1. The van der Waals surface area contributed by atoms with E-state index in [2.05, 4.69) is 25.3 Å². The SMILES string of the molecule is CC(=O)c1c([C@H]2C[C@H]3CC[C@@H](C2)N3C(=O)c2nnc[nH]2)nc2c(-c3ccc(-c4ccc(F)cc4F)nc3)cnn2c1N. The molecular formula is C29H25F2N9O2. The molecule has 5 aromatic rings. The average molecular weight is 570 g/mol. The van der Waals surface area contributed by atoms with E-state index < -0.39 is 11.6 Å². The molecule has 0 unspecified atom stereocenters. The smallest absolute Gasteiger partial charge is 0.292 e. The summed E-state index contributed by atoms with van der Waals surface area (Å²) in [6, 6.07) is 6.68. The van der Waals surface area contributed by atoms with E-state index in [0.717, 1.165) is 18.9 Å². The Morgan fingerprint density at radius 2 is 1.83 bits per heavy atom. The van der Waals surface area contributed by atoms with Gasteiger partial charge in [-0.2, -0.15) is 9.61 Å². The molecule has 11 nitrogen and oxygen atoms in total. The van der Waals surface area contributed by atoms with Gasteiger partial charge in [0.2, 0.25) is 5.82 Å². The first-order chi connectivity index (χ1) is 20.3. The molecule has 7 rings (SSSR count). The number of hydrogen-bond acceptors (Lipinski definition) is 8. The highest BCUT2D eigenvalue weighted by atomic mass is 19.1. The van der Waals surface area contributed by atoms with Gasteiger partial charge >= 0.3 is 0 Å². The van der Waals surface area contributed by atoms with Crippen molar-refractivity contribution in [3.05, 3.63) is 77.8 Å². The largest absolute Gasteiger partial charge is 0.383 e. The van der Waals surface area contributed by atoms with E-state index in [9.17, 15) is 18.4 Å². The minimum absolute atomic E-state index is 0.0293. The number of carbonyl (C=O) groups excluding carboxylic acids is 2. The van der Waals surface area contributed by atoms with Gasteiger partial charge in [0.1, 0.15) is 23.8 Å². The molecule has 6 heterocycles. The number of hydrogen-bond donors (Lipinski definition) is 2. The molecule has 0 radical (unpaired) electrons. The van der Waals surface area contributed by atoms with Crippen LogP contribution in [0.5, 0.6) is 0 Å². The summed E-state index contributed by atoms with van der Waals surface area (Å²) in [6.45, 7) is 1.46. The van der Waals surface area contributed by atoms with Gasteiger partial charge in [-0.1, -0.05) is 6.07 Å². The van der Waals surface area contributed by atoms with Gasteiger partial charge in [0.25, 0.3) is 5.91 Å². The Morgan fingerprint density at radius 3 is 2.48 bits per heavy atom. The van der Waals surface area contributed by atoms with Crippen LogP contribution >= 0.6 is 0 Å². The summed E-state index contributed by atoms with van der Waals surface area (Å²) >= 11 is 0. The second kappa shape index (κ2) is 9.79. The molecule has 2 fully saturated rings. The van der Waals surface area contributed by atoms with Gasteiger partial charge in [-0.15, -0.1) is 10.2 Å². The number of rotatable bonds is 5. The molecule has 212 valence electrons. The lowest BCUT2D eigenvalue weighted by Gasteiger charge is -2.38. The summed E-state index contributed by atoms with van der Waals surface area (Å²) in [5.41, 5.74) is 9.76. The summed E-state index contributed by atoms with van der Waals surface area (Å²) in [7, 11) is 0. The normalized spacial score (nSPS) is 19.9. The molecule has 2 saturated heterocycles. The van der Waals surface area contributed by atoms with E-state index in [1.807, 2.05) is 4.90 Å². The van der Waals surface area contributed by atoms with Crippen molar-refractivity contribution in [1.29, 1.82) is 0 Å². The molecule has 42 heavy (non-hydrogen) atoms. The third kappa shape index (κ3) is 4.11. The molecule has 1 aromatic carbocycles.